The number of hydrogen-bond acceptors (Lipinski definition) is 3. The van der Waals surface area contributed by atoms with E-state index in [1.807, 2.05) is 0 Å². The van der Waals surface area contributed by atoms with Crippen molar-refractivity contribution in [2.24, 2.45) is 16.5 Å². The molecule has 1 rings (SSSR count). The van der Waals surface area contributed by atoms with Crippen molar-refractivity contribution >= 4 is 5.96 Å². The predicted octanol–water partition coefficient (Wildman–Crippen LogP) is 3.48. The van der Waals surface area contributed by atoms with Gasteiger partial charge in [0.15, 0.2) is 5.96 Å². The van der Waals surface area contributed by atoms with Crippen LogP contribution in [0.15, 0.2) is 4.99 Å². The average molecular weight is 342 g/mol. The number of aliphatic hydroxyl groups is 1. The third kappa shape index (κ3) is 9.48. The lowest BCUT2D eigenvalue weighted by Crippen LogP contribution is -2.33. The van der Waals surface area contributed by atoms with Gasteiger partial charge in [-0.05, 0) is 6.42 Å². The van der Waals surface area contributed by atoms with Gasteiger partial charge in [0.05, 0.1) is 12.7 Å². The first kappa shape index (κ1) is 21.2. The van der Waals surface area contributed by atoms with Gasteiger partial charge in [0.25, 0.3) is 0 Å². The third-order valence-corrected chi connectivity index (χ3v) is 4.91. The van der Waals surface area contributed by atoms with Crippen LogP contribution >= 0.6 is 0 Å². The predicted molar refractivity (Wildman–Crippen MR) is 101 cm³/mol. The van der Waals surface area contributed by atoms with E-state index in [9.17, 15) is 5.11 Å². The fourth-order valence-corrected chi connectivity index (χ4v) is 3.41. The van der Waals surface area contributed by atoms with Crippen molar-refractivity contribution in [1.82, 2.24) is 0 Å². The second-order valence-corrected chi connectivity index (χ2v) is 7.16. The Morgan fingerprint density at radius 2 is 1.42 bits per heavy atom. The number of hydrogen-bond donors (Lipinski definition) is 3. The molecule has 5 nitrogen and oxygen atoms in total. The Labute approximate surface area is 148 Å². The van der Waals surface area contributed by atoms with Gasteiger partial charge in [0, 0.05) is 0 Å². The molecule has 0 amide bonds. The fraction of sp³-hybridized carbons (Fsp3) is 0.947. The summed E-state index contributed by atoms with van der Waals surface area (Å²) >= 11 is 0. The Hall–Kier alpha value is -0.810. The Bertz CT molecular complexity index is 333. The number of aliphatic hydroxyl groups excluding tert-OH is 1. The molecule has 1 saturated heterocycles. The van der Waals surface area contributed by atoms with Crippen LogP contribution in [0.5, 0.6) is 0 Å². The van der Waals surface area contributed by atoms with Crippen molar-refractivity contribution in [1.29, 1.82) is 0 Å². The molecule has 24 heavy (non-hydrogen) atoms. The first-order chi connectivity index (χ1) is 11.6. The summed E-state index contributed by atoms with van der Waals surface area (Å²) in [5.74, 6) is 0.0219. The lowest BCUT2D eigenvalue weighted by Gasteiger charge is -2.15. The molecule has 0 aromatic carbocycles. The highest BCUT2D eigenvalue weighted by atomic mass is 16.5. The fourth-order valence-electron chi connectivity index (χ4n) is 3.41. The zero-order valence-corrected chi connectivity index (χ0v) is 15.6. The smallest absolute Gasteiger partial charge is 0.186 e. The molecule has 3 atom stereocenters. The van der Waals surface area contributed by atoms with E-state index in [-0.39, 0.29) is 18.1 Å². The number of nitrogens with zero attached hydrogens (tertiary/aromatic N) is 1. The highest BCUT2D eigenvalue weighted by Crippen LogP contribution is 2.22. The molecule has 0 unspecified atom stereocenters. The van der Waals surface area contributed by atoms with Crippen molar-refractivity contribution < 1.29 is 9.84 Å². The molecule has 0 aromatic rings. The van der Waals surface area contributed by atoms with Crippen LogP contribution in [0.1, 0.15) is 90.4 Å². The zero-order chi connectivity index (χ0) is 17.6. The third-order valence-electron chi connectivity index (χ3n) is 4.91. The average Bonchev–Trinajstić information content (AvgIpc) is 2.88. The minimum atomic E-state index is -0.570. The van der Waals surface area contributed by atoms with Gasteiger partial charge in [-0.15, -0.1) is 0 Å². The van der Waals surface area contributed by atoms with Crippen LogP contribution in [0.25, 0.3) is 0 Å². The molecule has 0 saturated carbocycles. The van der Waals surface area contributed by atoms with Gasteiger partial charge in [0.1, 0.15) is 12.1 Å². The molecule has 1 aliphatic rings. The normalized spacial score (nSPS) is 23.5. The molecule has 142 valence electrons. The Morgan fingerprint density at radius 3 is 1.92 bits per heavy atom. The largest absolute Gasteiger partial charge is 0.388 e. The van der Waals surface area contributed by atoms with E-state index < -0.39 is 6.10 Å². The van der Waals surface area contributed by atoms with Crippen LogP contribution in [-0.2, 0) is 4.74 Å². The van der Waals surface area contributed by atoms with Gasteiger partial charge in [0.2, 0.25) is 0 Å². The minimum Gasteiger partial charge on any atom is -0.388 e. The maximum atomic E-state index is 10.1. The maximum absolute atomic E-state index is 10.1. The van der Waals surface area contributed by atoms with E-state index in [0.29, 0.717) is 6.61 Å². The van der Waals surface area contributed by atoms with Crippen LogP contribution in [0.3, 0.4) is 0 Å². The summed E-state index contributed by atoms with van der Waals surface area (Å²) < 4.78 is 5.61. The molecule has 1 aliphatic heterocycles. The number of guanidine groups is 1. The SMILES string of the molecule is CCCCCCCCCCCCCC[C@@H]1OC[C@H](N=C(N)N)[C@@H]1O. The van der Waals surface area contributed by atoms with E-state index in [1.165, 1.54) is 70.6 Å². The van der Waals surface area contributed by atoms with Crippen LogP contribution < -0.4 is 11.5 Å². The van der Waals surface area contributed by atoms with E-state index in [2.05, 4.69) is 11.9 Å². The van der Waals surface area contributed by atoms with Gasteiger partial charge >= 0.3 is 0 Å². The summed E-state index contributed by atoms with van der Waals surface area (Å²) in [7, 11) is 0. The quantitative estimate of drug-likeness (QED) is 0.256. The van der Waals surface area contributed by atoms with Crippen molar-refractivity contribution in [3.8, 4) is 0 Å². The summed E-state index contributed by atoms with van der Waals surface area (Å²) in [5.41, 5.74) is 10.7. The van der Waals surface area contributed by atoms with Crippen molar-refractivity contribution in [2.75, 3.05) is 6.61 Å². The number of ether oxygens (including phenoxy) is 1. The standard InChI is InChI=1S/C19H39N3O2/c1-2-3-4-5-6-7-8-9-10-11-12-13-14-17-18(23)16(15-24-17)22-19(20)21/h16-18,23H,2-15H2,1H3,(H4,20,21,22)/t16-,17-,18-/m0/s1. The summed E-state index contributed by atoms with van der Waals surface area (Å²) in [6, 6.07) is -0.294. The Morgan fingerprint density at radius 1 is 0.917 bits per heavy atom. The van der Waals surface area contributed by atoms with Gasteiger partial charge in [-0.3, -0.25) is 0 Å². The summed E-state index contributed by atoms with van der Waals surface area (Å²) in [6.45, 7) is 2.68. The van der Waals surface area contributed by atoms with Gasteiger partial charge < -0.3 is 21.3 Å². The van der Waals surface area contributed by atoms with Crippen LogP contribution in [0.2, 0.25) is 0 Å². The molecule has 5 N–H and O–H groups in total. The number of rotatable bonds is 14. The van der Waals surface area contributed by atoms with E-state index in [1.54, 1.807) is 0 Å². The molecule has 1 heterocycles. The maximum Gasteiger partial charge on any atom is 0.186 e. The molecule has 0 spiro atoms. The number of nitrogens with two attached hydrogens (primary N) is 2. The Kier molecular flexibility index (Phi) is 11.9. The van der Waals surface area contributed by atoms with Gasteiger partial charge in [-0.25, -0.2) is 4.99 Å². The number of unbranched alkanes of at least 4 members (excludes halogenated alkanes) is 11. The van der Waals surface area contributed by atoms with E-state index in [4.69, 9.17) is 16.2 Å². The van der Waals surface area contributed by atoms with Crippen LogP contribution in [0.4, 0.5) is 0 Å². The highest BCUT2D eigenvalue weighted by Gasteiger charge is 2.35. The van der Waals surface area contributed by atoms with Gasteiger partial charge in [-0.2, -0.15) is 0 Å². The van der Waals surface area contributed by atoms with Crippen molar-refractivity contribution in [2.45, 2.75) is 109 Å². The van der Waals surface area contributed by atoms with Crippen LogP contribution in [0, 0.1) is 0 Å². The van der Waals surface area contributed by atoms with Crippen molar-refractivity contribution in [3.05, 3.63) is 0 Å². The molecule has 5 heteroatoms. The van der Waals surface area contributed by atoms with Crippen molar-refractivity contribution in [3.63, 3.8) is 0 Å². The summed E-state index contributed by atoms with van der Waals surface area (Å²) in [4.78, 5) is 4.01. The van der Waals surface area contributed by atoms with Gasteiger partial charge in [-0.1, -0.05) is 84.0 Å². The molecule has 0 aromatic heterocycles. The second-order valence-electron chi connectivity index (χ2n) is 7.16. The number of aliphatic imine (C=N–C) groups is 1. The molecular weight excluding hydrogens is 302 g/mol. The molecule has 0 aliphatic carbocycles. The lowest BCUT2D eigenvalue weighted by atomic mass is 10.0. The monoisotopic (exact) mass is 341 g/mol. The molecular formula is C19H39N3O2. The molecule has 0 radical (unpaired) electrons. The highest BCUT2D eigenvalue weighted by molar-refractivity contribution is 5.75. The lowest BCUT2D eigenvalue weighted by molar-refractivity contribution is 0.0343. The first-order valence-electron chi connectivity index (χ1n) is 10.0. The summed E-state index contributed by atoms with van der Waals surface area (Å²) in [5, 5.41) is 10.1. The second kappa shape index (κ2) is 13.5. The van der Waals surface area contributed by atoms with E-state index in [0.717, 1.165) is 12.8 Å². The minimum absolute atomic E-state index is 0.0219. The first-order valence-corrected chi connectivity index (χ1v) is 10.0. The topological polar surface area (TPSA) is 93.9 Å². The molecule has 0 bridgehead atoms. The van der Waals surface area contributed by atoms with Crippen LogP contribution in [-0.4, -0.2) is 35.9 Å². The Balaban J connectivity index is 1.90. The van der Waals surface area contributed by atoms with E-state index >= 15 is 0 Å². The summed E-state index contributed by atoms with van der Waals surface area (Å²) in [6.07, 6.45) is 16.3. The zero-order valence-electron chi connectivity index (χ0n) is 15.6. The molecule has 1 fully saturated rings.